The fourth-order valence-corrected chi connectivity index (χ4v) is 2.14. The number of thiocarbonyl (C=S) groups is 1. The first kappa shape index (κ1) is 21.2. The summed E-state index contributed by atoms with van der Waals surface area (Å²) in [6.45, 7) is -2.72. The third kappa shape index (κ3) is 20.9. The van der Waals surface area contributed by atoms with Crippen LogP contribution in [0, 0.1) is 0 Å². The first-order valence-corrected chi connectivity index (χ1v) is 7.22. The Kier molecular flexibility index (Phi) is 16.1. The second-order valence-electron chi connectivity index (χ2n) is 2.29. The van der Waals surface area contributed by atoms with E-state index in [-0.39, 0.29) is 24.3 Å². The molecule has 0 aromatic rings. The van der Waals surface area contributed by atoms with Crippen LogP contribution in [-0.4, -0.2) is 39.1 Å². The molecule has 0 saturated heterocycles. The van der Waals surface area contributed by atoms with Crippen molar-refractivity contribution in [1.29, 1.82) is 0 Å². The van der Waals surface area contributed by atoms with Gasteiger partial charge < -0.3 is 26.3 Å². The first-order chi connectivity index (χ1) is 5.92. The maximum absolute atomic E-state index is 10.4. The van der Waals surface area contributed by atoms with Gasteiger partial charge in [0.2, 0.25) is 0 Å². The molecule has 0 aromatic heterocycles. The monoisotopic (exact) mass is 269 g/mol. The zero-order valence-corrected chi connectivity index (χ0v) is 11.0. The summed E-state index contributed by atoms with van der Waals surface area (Å²) < 4.78 is 10.4. The minimum absolute atomic E-state index is 0. The maximum Gasteiger partial charge on any atom is 1.00 e. The van der Waals surface area contributed by atoms with E-state index in [4.69, 9.17) is 15.5 Å². The molecule has 0 bridgehead atoms. The molecule has 0 aromatic carbocycles. The molecule has 0 radical (unpaired) electrons. The van der Waals surface area contributed by atoms with E-state index < -0.39 is 6.80 Å². The van der Waals surface area contributed by atoms with E-state index in [1.165, 1.54) is 0 Å². The summed E-state index contributed by atoms with van der Waals surface area (Å²) in [5, 5.41) is 2.96. The van der Waals surface area contributed by atoms with E-state index >= 15 is 0 Å². The van der Waals surface area contributed by atoms with E-state index in [0.717, 1.165) is 0 Å². The number of nitrogens with two attached hydrogens (primary N) is 1. The van der Waals surface area contributed by atoms with Crippen LogP contribution in [-0.2, 0) is 4.57 Å². The van der Waals surface area contributed by atoms with E-state index in [1.807, 2.05) is 0 Å². The van der Waals surface area contributed by atoms with Gasteiger partial charge in [0.1, 0.15) is 0 Å². The van der Waals surface area contributed by atoms with Crippen molar-refractivity contribution in [3.8, 4) is 0 Å². The van der Waals surface area contributed by atoms with Crippen LogP contribution >= 0.6 is 30.4 Å². The Labute approximate surface area is 110 Å². The van der Waals surface area contributed by atoms with Gasteiger partial charge in [-0.25, -0.2) is 4.57 Å². The molecule has 0 saturated carbocycles. The summed E-state index contributed by atoms with van der Waals surface area (Å²) in [7, 11) is 0. The van der Waals surface area contributed by atoms with Crippen molar-refractivity contribution in [2.24, 2.45) is 5.73 Å². The molecule has 6 nitrogen and oxygen atoms in total. The molecular weight excluding hydrogens is 254 g/mol. The Hall–Kier alpha value is 0.907. The van der Waals surface area contributed by atoms with Crippen LogP contribution < -0.4 is 29.9 Å². The molecule has 0 spiro atoms. The van der Waals surface area contributed by atoms with Crippen molar-refractivity contribution in [2.45, 2.75) is 6.42 Å². The van der Waals surface area contributed by atoms with Crippen LogP contribution in [0.3, 0.4) is 0 Å². The third-order valence-corrected chi connectivity index (χ3v) is 3.57. The van der Waals surface area contributed by atoms with Gasteiger partial charge in [-0.3, -0.25) is 0 Å². The predicted molar refractivity (Wildman–Crippen MR) is 62.4 cm³/mol. The average molecular weight is 269 g/mol. The zero-order valence-electron chi connectivity index (χ0n) is 8.47. The molecular formula is C5H15LiN2O4PS2+. The van der Waals surface area contributed by atoms with Crippen LogP contribution in [0.4, 0.5) is 0 Å². The number of hydrogen-bond donors (Lipinski definition) is 4. The number of hydrogen-bond acceptors (Lipinski definition) is 4. The quantitative estimate of drug-likeness (QED) is 0.162. The molecule has 0 rings (SSSR count). The summed E-state index contributed by atoms with van der Waals surface area (Å²) >= 11 is 5.27. The molecule has 0 aliphatic heterocycles. The zero-order chi connectivity index (χ0) is 10.3. The van der Waals surface area contributed by atoms with E-state index in [2.05, 4.69) is 17.5 Å². The Morgan fingerprint density at radius 2 is 2.00 bits per heavy atom. The number of nitrogens with one attached hydrogen (secondary N) is 1. The summed E-state index contributed by atoms with van der Waals surface area (Å²) in [6, 6.07) is 0. The van der Waals surface area contributed by atoms with Crippen molar-refractivity contribution >= 4 is 35.4 Å². The maximum atomic E-state index is 10.4. The standard InChI is InChI=1S/C5H13N2O3PS2.Li.H2O/c6-5(12)1-2-7-3-4-13-11(8,9)10;;/h7H,1-4H2,(H2,6,12)(H2,8,9,10);;1H2/q;+1;. The van der Waals surface area contributed by atoms with Crippen LogP contribution in [0.2, 0.25) is 0 Å². The summed E-state index contributed by atoms with van der Waals surface area (Å²) in [6.07, 6.45) is 0.607. The van der Waals surface area contributed by atoms with Gasteiger partial charge in [-0.15, -0.1) is 0 Å². The molecule has 10 heteroatoms. The predicted octanol–water partition coefficient (Wildman–Crippen LogP) is -3.74. The van der Waals surface area contributed by atoms with Crippen molar-refractivity contribution in [2.75, 3.05) is 18.8 Å². The van der Waals surface area contributed by atoms with Gasteiger partial charge in [-0.1, -0.05) is 12.2 Å². The third-order valence-electron chi connectivity index (χ3n) is 1.09. The van der Waals surface area contributed by atoms with Gasteiger partial charge in [-0.2, -0.15) is 0 Å². The van der Waals surface area contributed by atoms with Gasteiger partial charge >= 0.3 is 25.7 Å². The van der Waals surface area contributed by atoms with Crippen molar-refractivity contribution in [3.63, 3.8) is 0 Å². The largest absolute Gasteiger partial charge is 1.00 e. The van der Waals surface area contributed by atoms with E-state index in [0.29, 0.717) is 41.6 Å². The molecule has 86 valence electrons. The molecule has 0 fully saturated rings. The second kappa shape index (κ2) is 11.4. The second-order valence-corrected chi connectivity index (χ2v) is 6.66. The Bertz CT molecular complexity index is 215. The molecule has 7 N–H and O–H groups in total. The molecule has 0 aliphatic rings. The van der Waals surface area contributed by atoms with Crippen molar-refractivity contribution in [3.05, 3.63) is 0 Å². The van der Waals surface area contributed by atoms with Crippen molar-refractivity contribution < 1.29 is 38.7 Å². The summed E-state index contributed by atoms with van der Waals surface area (Å²) in [5.41, 5.74) is 5.24. The Balaban J connectivity index is -0.000000720. The Morgan fingerprint density at radius 3 is 2.40 bits per heavy atom. The molecule has 0 heterocycles. The molecule has 15 heavy (non-hydrogen) atoms. The number of rotatable bonds is 7. The van der Waals surface area contributed by atoms with E-state index in [1.54, 1.807) is 0 Å². The van der Waals surface area contributed by atoms with Crippen molar-refractivity contribution in [1.82, 2.24) is 5.32 Å². The normalized spacial score (nSPS) is 10.0. The molecule has 0 atom stereocenters. The smallest absolute Gasteiger partial charge is 0.412 e. The first-order valence-electron chi connectivity index (χ1n) is 3.61. The molecule has 0 unspecified atom stereocenters. The van der Waals surface area contributed by atoms with Crippen LogP contribution in [0.15, 0.2) is 0 Å². The molecule has 0 amide bonds. The van der Waals surface area contributed by atoms with E-state index in [9.17, 15) is 4.57 Å². The summed E-state index contributed by atoms with van der Waals surface area (Å²) in [4.78, 5) is 17.4. The fraction of sp³-hybridized carbons (Fsp3) is 0.800. The van der Waals surface area contributed by atoms with Gasteiger partial charge in [0.25, 0.3) is 0 Å². The molecule has 0 aliphatic carbocycles. The van der Waals surface area contributed by atoms with Crippen LogP contribution in [0.1, 0.15) is 6.42 Å². The van der Waals surface area contributed by atoms with Gasteiger partial charge in [0.05, 0.1) is 4.99 Å². The average Bonchev–Trinajstić information content (AvgIpc) is 1.93. The van der Waals surface area contributed by atoms with Crippen LogP contribution in [0.25, 0.3) is 0 Å². The van der Waals surface area contributed by atoms with Gasteiger partial charge in [0, 0.05) is 25.3 Å². The van der Waals surface area contributed by atoms with Crippen LogP contribution in [0.5, 0.6) is 0 Å². The topological polar surface area (TPSA) is 127 Å². The summed E-state index contributed by atoms with van der Waals surface area (Å²) in [5.74, 6) is 0.377. The Morgan fingerprint density at radius 1 is 1.47 bits per heavy atom. The minimum atomic E-state index is -3.91. The SMILES string of the molecule is NC(=S)CCNCCSP(=O)(O)O.O.[Li+]. The van der Waals surface area contributed by atoms with Gasteiger partial charge in [-0.05, 0) is 11.4 Å². The fourth-order valence-electron chi connectivity index (χ4n) is 0.573. The van der Waals surface area contributed by atoms with Gasteiger partial charge in [0.15, 0.2) is 0 Å². The minimum Gasteiger partial charge on any atom is -0.412 e.